The predicted molar refractivity (Wildman–Crippen MR) is 73.7 cm³/mol. The van der Waals surface area contributed by atoms with Crippen molar-refractivity contribution in [1.29, 1.82) is 0 Å². The summed E-state index contributed by atoms with van der Waals surface area (Å²) in [5.41, 5.74) is 2.45. The average Bonchev–Trinajstić information content (AvgIpc) is 2.35. The maximum atomic E-state index is 10.9. The largest absolute Gasteiger partial charge is 0.481 e. The maximum Gasteiger partial charge on any atom is 0.306 e. The molecule has 2 N–H and O–H groups in total. The molecular formula is C15H23NO2. The molecule has 0 spiro atoms. The molecule has 0 aliphatic carbocycles. The molecule has 0 bridgehead atoms. The lowest BCUT2D eigenvalue weighted by Crippen LogP contribution is -2.22. The Kier molecular flexibility index (Phi) is 5.35. The number of hydrogen-bond acceptors (Lipinski definition) is 2. The average molecular weight is 249 g/mol. The van der Waals surface area contributed by atoms with E-state index in [9.17, 15) is 4.79 Å². The molecule has 0 radical (unpaired) electrons. The highest BCUT2D eigenvalue weighted by atomic mass is 16.4. The monoisotopic (exact) mass is 249 g/mol. The normalized spacial score (nSPS) is 14.5. The fourth-order valence-corrected chi connectivity index (χ4v) is 1.99. The zero-order valence-electron chi connectivity index (χ0n) is 11.6. The SMILES string of the molecule is CNC(CC(C)C(=O)O)c1ccc(C(C)C)cc1. The van der Waals surface area contributed by atoms with E-state index in [0.29, 0.717) is 12.3 Å². The van der Waals surface area contributed by atoms with Crippen LogP contribution in [0.5, 0.6) is 0 Å². The Morgan fingerprint density at radius 3 is 2.06 bits per heavy atom. The molecule has 0 aliphatic heterocycles. The summed E-state index contributed by atoms with van der Waals surface area (Å²) in [5.74, 6) is -0.564. The quantitative estimate of drug-likeness (QED) is 0.814. The topological polar surface area (TPSA) is 49.3 Å². The van der Waals surface area contributed by atoms with Crippen molar-refractivity contribution in [3.63, 3.8) is 0 Å². The standard InChI is InChI=1S/C15H23NO2/c1-10(2)12-5-7-13(8-6-12)14(16-4)9-11(3)15(17)18/h5-8,10-11,14,16H,9H2,1-4H3,(H,17,18). The van der Waals surface area contributed by atoms with Crippen LogP contribution < -0.4 is 5.32 Å². The molecule has 1 aromatic carbocycles. The van der Waals surface area contributed by atoms with Crippen molar-refractivity contribution < 1.29 is 9.90 Å². The Hall–Kier alpha value is -1.35. The zero-order valence-corrected chi connectivity index (χ0v) is 11.6. The van der Waals surface area contributed by atoms with E-state index in [1.807, 2.05) is 7.05 Å². The molecule has 100 valence electrons. The van der Waals surface area contributed by atoms with E-state index in [1.165, 1.54) is 5.56 Å². The first kappa shape index (κ1) is 14.7. The summed E-state index contributed by atoms with van der Waals surface area (Å²) in [6, 6.07) is 8.51. The second kappa shape index (κ2) is 6.55. The molecule has 0 aromatic heterocycles. The van der Waals surface area contributed by atoms with Crippen LogP contribution in [0.4, 0.5) is 0 Å². The first-order chi connectivity index (χ1) is 8.45. The molecule has 0 saturated heterocycles. The molecule has 0 heterocycles. The van der Waals surface area contributed by atoms with E-state index in [4.69, 9.17) is 5.11 Å². The highest BCUT2D eigenvalue weighted by Gasteiger charge is 2.18. The number of nitrogens with one attached hydrogen (secondary N) is 1. The lowest BCUT2D eigenvalue weighted by Gasteiger charge is -2.19. The van der Waals surface area contributed by atoms with Crippen molar-refractivity contribution in [3.05, 3.63) is 35.4 Å². The lowest BCUT2D eigenvalue weighted by atomic mass is 9.94. The van der Waals surface area contributed by atoms with Gasteiger partial charge in [0, 0.05) is 6.04 Å². The molecule has 18 heavy (non-hydrogen) atoms. The summed E-state index contributed by atoms with van der Waals surface area (Å²) in [4.78, 5) is 10.9. The van der Waals surface area contributed by atoms with Gasteiger partial charge in [-0.05, 0) is 30.5 Å². The number of rotatable bonds is 6. The molecule has 2 atom stereocenters. The third-order valence-electron chi connectivity index (χ3n) is 3.36. The van der Waals surface area contributed by atoms with Crippen molar-refractivity contribution in [2.75, 3.05) is 7.05 Å². The molecule has 1 aromatic rings. The second-order valence-corrected chi connectivity index (χ2v) is 5.14. The third kappa shape index (κ3) is 3.84. The van der Waals surface area contributed by atoms with Crippen LogP contribution >= 0.6 is 0 Å². The Morgan fingerprint density at radius 1 is 1.17 bits per heavy atom. The van der Waals surface area contributed by atoms with Gasteiger partial charge < -0.3 is 10.4 Å². The Bertz CT molecular complexity index is 384. The van der Waals surface area contributed by atoms with Gasteiger partial charge in [-0.25, -0.2) is 0 Å². The van der Waals surface area contributed by atoms with Crippen LogP contribution in [-0.4, -0.2) is 18.1 Å². The van der Waals surface area contributed by atoms with Gasteiger partial charge in [0.05, 0.1) is 5.92 Å². The number of hydrogen-bond donors (Lipinski definition) is 2. The van der Waals surface area contributed by atoms with Crippen LogP contribution in [-0.2, 0) is 4.79 Å². The van der Waals surface area contributed by atoms with Crippen molar-refractivity contribution >= 4 is 5.97 Å². The van der Waals surface area contributed by atoms with Crippen molar-refractivity contribution in [1.82, 2.24) is 5.32 Å². The number of carboxylic acids is 1. The Labute approximate surface area is 109 Å². The van der Waals surface area contributed by atoms with E-state index in [1.54, 1.807) is 6.92 Å². The summed E-state index contributed by atoms with van der Waals surface area (Å²) < 4.78 is 0. The van der Waals surface area contributed by atoms with E-state index in [-0.39, 0.29) is 12.0 Å². The molecule has 0 aliphatic rings. The molecular weight excluding hydrogens is 226 g/mol. The minimum atomic E-state index is -0.742. The summed E-state index contributed by atoms with van der Waals surface area (Å²) >= 11 is 0. The van der Waals surface area contributed by atoms with Gasteiger partial charge in [-0.2, -0.15) is 0 Å². The number of carboxylic acid groups (broad SMARTS) is 1. The summed E-state index contributed by atoms with van der Waals surface area (Å²) in [6.45, 7) is 6.07. The van der Waals surface area contributed by atoms with Crippen LogP contribution in [0, 0.1) is 5.92 Å². The minimum absolute atomic E-state index is 0.0947. The van der Waals surface area contributed by atoms with Crippen molar-refractivity contribution in [3.8, 4) is 0 Å². The van der Waals surface area contributed by atoms with Gasteiger partial charge in [-0.1, -0.05) is 45.0 Å². The fraction of sp³-hybridized carbons (Fsp3) is 0.533. The third-order valence-corrected chi connectivity index (χ3v) is 3.36. The number of carbonyl (C=O) groups is 1. The van der Waals surface area contributed by atoms with E-state index < -0.39 is 5.97 Å². The highest BCUT2D eigenvalue weighted by molar-refractivity contribution is 5.69. The van der Waals surface area contributed by atoms with E-state index in [2.05, 4.69) is 43.4 Å². The zero-order chi connectivity index (χ0) is 13.7. The van der Waals surface area contributed by atoms with Crippen LogP contribution in [0.15, 0.2) is 24.3 Å². The van der Waals surface area contributed by atoms with Gasteiger partial charge in [0.25, 0.3) is 0 Å². The van der Waals surface area contributed by atoms with Crippen LogP contribution in [0.3, 0.4) is 0 Å². The Morgan fingerprint density at radius 2 is 1.67 bits per heavy atom. The minimum Gasteiger partial charge on any atom is -0.481 e. The number of aliphatic carboxylic acids is 1. The maximum absolute atomic E-state index is 10.9. The van der Waals surface area contributed by atoms with Crippen molar-refractivity contribution in [2.45, 2.75) is 39.2 Å². The summed E-state index contributed by atoms with van der Waals surface area (Å²) in [5, 5.41) is 12.2. The number of benzene rings is 1. The predicted octanol–water partition coefficient (Wildman–Crippen LogP) is 3.18. The van der Waals surface area contributed by atoms with E-state index >= 15 is 0 Å². The lowest BCUT2D eigenvalue weighted by molar-refractivity contribution is -0.141. The van der Waals surface area contributed by atoms with Crippen LogP contribution in [0.25, 0.3) is 0 Å². The first-order valence-electron chi connectivity index (χ1n) is 6.45. The molecule has 3 heteroatoms. The van der Waals surface area contributed by atoms with Gasteiger partial charge >= 0.3 is 5.97 Å². The highest BCUT2D eigenvalue weighted by Crippen LogP contribution is 2.23. The van der Waals surface area contributed by atoms with Gasteiger partial charge in [-0.3, -0.25) is 4.79 Å². The Balaban J connectivity index is 2.79. The molecule has 0 fully saturated rings. The molecule has 2 unspecified atom stereocenters. The molecule has 3 nitrogen and oxygen atoms in total. The first-order valence-corrected chi connectivity index (χ1v) is 6.45. The van der Waals surface area contributed by atoms with Gasteiger partial charge in [0.15, 0.2) is 0 Å². The van der Waals surface area contributed by atoms with Crippen molar-refractivity contribution in [2.24, 2.45) is 5.92 Å². The van der Waals surface area contributed by atoms with Gasteiger partial charge in [0.1, 0.15) is 0 Å². The molecule has 0 saturated carbocycles. The smallest absolute Gasteiger partial charge is 0.306 e. The fourth-order valence-electron chi connectivity index (χ4n) is 1.99. The van der Waals surface area contributed by atoms with Gasteiger partial charge in [-0.15, -0.1) is 0 Å². The van der Waals surface area contributed by atoms with Gasteiger partial charge in [0.2, 0.25) is 0 Å². The van der Waals surface area contributed by atoms with Crippen LogP contribution in [0.1, 0.15) is 50.3 Å². The molecule has 0 amide bonds. The molecule has 1 rings (SSSR count). The van der Waals surface area contributed by atoms with E-state index in [0.717, 1.165) is 5.56 Å². The summed E-state index contributed by atoms with van der Waals surface area (Å²) in [6.07, 6.45) is 0.604. The van der Waals surface area contributed by atoms with Crippen LogP contribution in [0.2, 0.25) is 0 Å². The second-order valence-electron chi connectivity index (χ2n) is 5.14. The summed E-state index contributed by atoms with van der Waals surface area (Å²) in [7, 11) is 1.87.